The van der Waals surface area contributed by atoms with Gasteiger partial charge in [0.05, 0.1) is 24.7 Å². The van der Waals surface area contributed by atoms with Gasteiger partial charge in [0.15, 0.2) is 0 Å². The summed E-state index contributed by atoms with van der Waals surface area (Å²) in [6, 6.07) is 12.4. The largest absolute Gasteiger partial charge is 0.468 e. The lowest BCUT2D eigenvalue weighted by Crippen LogP contribution is -2.47. The molecule has 1 fully saturated rings. The van der Waals surface area contributed by atoms with E-state index >= 15 is 0 Å². The summed E-state index contributed by atoms with van der Waals surface area (Å²) in [6.07, 6.45) is 2.77. The number of carbonyl (C=O) groups excluding carboxylic acids is 1. The van der Waals surface area contributed by atoms with Crippen LogP contribution in [0.15, 0.2) is 53.4 Å². The number of halogens is 1. The van der Waals surface area contributed by atoms with Crippen molar-refractivity contribution in [2.24, 2.45) is 5.92 Å². The molecule has 0 aliphatic heterocycles. The van der Waals surface area contributed by atoms with E-state index in [9.17, 15) is 17.6 Å². The average Bonchev–Trinajstić information content (AvgIpc) is 2.78. The minimum Gasteiger partial charge on any atom is -0.468 e. The van der Waals surface area contributed by atoms with Gasteiger partial charge in [-0.1, -0.05) is 30.3 Å². The second-order valence-corrected chi connectivity index (χ2v) is 9.58. The van der Waals surface area contributed by atoms with Gasteiger partial charge in [-0.05, 0) is 67.9 Å². The van der Waals surface area contributed by atoms with Crippen LogP contribution in [0.25, 0.3) is 0 Å². The Kier molecular flexibility index (Phi) is 7.80. The second kappa shape index (κ2) is 10.3. The Hall–Kier alpha value is -2.29. The van der Waals surface area contributed by atoms with Crippen molar-refractivity contribution in [3.63, 3.8) is 0 Å². The summed E-state index contributed by atoms with van der Waals surface area (Å²) in [5.74, 6) is -1.33. The number of sulfonamides is 1. The molecule has 1 aliphatic carbocycles. The molecule has 31 heavy (non-hydrogen) atoms. The van der Waals surface area contributed by atoms with Crippen molar-refractivity contribution < 1.29 is 27.1 Å². The van der Waals surface area contributed by atoms with Gasteiger partial charge < -0.3 is 9.47 Å². The first-order chi connectivity index (χ1) is 14.8. The minimum absolute atomic E-state index is 0.0612. The van der Waals surface area contributed by atoms with Crippen molar-refractivity contribution in [3.05, 3.63) is 65.5 Å². The second-order valence-electron chi connectivity index (χ2n) is 7.87. The normalized spacial score (nSPS) is 20.2. The van der Waals surface area contributed by atoms with Crippen LogP contribution in [0.1, 0.15) is 36.8 Å². The molecule has 1 saturated carbocycles. The summed E-state index contributed by atoms with van der Waals surface area (Å²) in [5, 5.41) is 0. The van der Waals surface area contributed by atoms with Crippen molar-refractivity contribution in [1.29, 1.82) is 0 Å². The monoisotopic (exact) mass is 449 g/mol. The first-order valence-corrected chi connectivity index (χ1v) is 11.8. The van der Waals surface area contributed by atoms with Crippen LogP contribution in [0.4, 0.5) is 4.39 Å². The molecule has 0 amide bonds. The van der Waals surface area contributed by atoms with Crippen LogP contribution in [0.2, 0.25) is 0 Å². The van der Waals surface area contributed by atoms with Crippen LogP contribution in [0.3, 0.4) is 0 Å². The highest BCUT2D eigenvalue weighted by molar-refractivity contribution is 7.89. The third-order valence-electron chi connectivity index (χ3n) is 5.70. The Balaban J connectivity index is 1.63. The topological polar surface area (TPSA) is 81.7 Å². The highest BCUT2D eigenvalue weighted by Crippen LogP contribution is 2.30. The smallest absolute Gasteiger partial charge is 0.324 e. The van der Waals surface area contributed by atoms with E-state index in [-0.39, 0.29) is 22.5 Å². The van der Waals surface area contributed by atoms with E-state index in [1.165, 1.54) is 26.2 Å². The molecule has 8 heteroatoms. The number of ether oxygens (including phenoxy) is 2. The third kappa shape index (κ3) is 6.12. The van der Waals surface area contributed by atoms with Crippen molar-refractivity contribution >= 4 is 16.0 Å². The number of benzene rings is 2. The number of nitrogens with one attached hydrogen (secondary N) is 1. The van der Waals surface area contributed by atoms with Gasteiger partial charge in [0.2, 0.25) is 10.0 Å². The zero-order valence-corrected chi connectivity index (χ0v) is 18.5. The van der Waals surface area contributed by atoms with Gasteiger partial charge in [-0.3, -0.25) is 4.79 Å². The van der Waals surface area contributed by atoms with E-state index in [0.29, 0.717) is 19.4 Å². The molecule has 0 aromatic heterocycles. The Morgan fingerprint density at radius 1 is 1.13 bits per heavy atom. The molecule has 0 unspecified atom stereocenters. The first-order valence-electron chi connectivity index (χ1n) is 10.3. The number of methoxy groups -OCH3 is 1. The van der Waals surface area contributed by atoms with Crippen LogP contribution < -0.4 is 4.72 Å². The maximum Gasteiger partial charge on any atom is 0.324 e. The standard InChI is InChI=1S/C23H28FNO5S/c1-16-14-20(12-13-21(16)24)31(27,28)25-22(23(26)29-2)18-8-10-19(11-9-18)30-15-17-6-4-3-5-7-17/h3-7,12-14,18-19,22,25H,8-11,15H2,1-2H3/t18?,19?,22-/m1/s1. The lowest BCUT2D eigenvalue weighted by Gasteiger charge is -2.32. The molecule has 168 valence electrons. The quantitative estimate of drug-likeness (QED) is 0.621. The van der Waals surface area contributed by atoms with Gasteiger partial charge in [0.1, 0.15) is 11.9 Å². The lowest BCUT2D eigenvalue weighted by molar-refractivity contribution is -0.144. The molecule has 1 aliphatic rings. The molecule has 1 atom stereocenters. The fourth-order valence-electron chi connectivity index (χ4n) is 3.86. The summed E-state index contributed by atoms with van der Waals surface area (Å²) in [4.78, 5) is 12.3. The number of carbonyl (C=O) groups is 1. The number of hydrogen-bond donors (Lipinski definition) is 1. The molecule has 1 N–H and O–H groups in total. The SMILES string of the molecule is COC(=O)[C@H](NS(=O)(=O)c1ccc(F)c(C)c1)C1CCC(OCc2ccccc2)CC1. The molecular formula is C23H28FNO5S. The fraction of sp³-hybridized carbons (Fsp3) is 0.435. The first kappa shape index (κ1) is 23.4. The number of esters is 1. The molecule has 0 bridgehead atoms. The predicted octanol–water partition coefficient (Wildman–Crippen LogP) is 3.73. The van der Waals surface area contributed by atoms with Crippen molar-refractivity contribution in [2.75, 3.05) is 7.11 Å². The minimum atomic E-state index is -4.01. The van der Waals surface area contributed by atoms with Crippen LogP contribution in [0.5, 0.6) is 0 Å². The Labute approximate surface area is 182 Å². The molecule has 0 heterocycles. The Morgan fingerprint density at radius 3 is 2.42 bits per heavy atom. The molecule has 3 rings (SSSR count). The average molecular weight is 450 g/mol. The van der Waals surface area contributed by atoms with Gasteiger partial charge in [-0.2, -0.15) is 4.72 Å². The van der Waals surface area contributed by atoms with Crippen LogP contribution >= 0.6 is 0 Å². The summed E-state index contributed by atoms with van der Waals surface area (Å²) >= 11 is 0. The van der Waals surface area contributed by atoms with E-state index in [0.717, 1.165) is 24.5 Å². The molecule has 2 aromatic carbocycles. The van der Waals surface area contributed by atoms with Gasteiger partial charge in [0, 0.05) is 0 Å². The molecule has 0 spiro atoms. The molecule has 0 radical (unpaired) electrons. The highest BCUT2D eigenvalue weighted by atomic mass is 32.2. The fourth-order valence-corrected chi connectivity index (χ4v) is 5.20. The maximum absolute atomic E-state index is 13.5. The number of rotatable bonds is 8. The van der Waals surface area contributed by atoms with Gasteiger partial charge >= 0.3 is 5.97 Å². The van der Waals surface area contributed by atoms with Crippen molar-refractivity contribution in [3.8, 4) is 0 Å². The van der Waals surface area contributed by atoms with E-state index < -0.39 is 27.9 Å². The maximum atomic E-state index is 13.5. The van der Waals surface area contributed by atoms with Crippen molar-refractivity contribution in [1.82, 2.24) is 4.72 Å². The Bertz CT molecular complexity index is 988. The molecule has 2 aromatic rings. The number of aryl methyl sites for hydroxylation is 1. The lowest BCUT2D eigenvalue weighted by atomic mass is 9.83. The molecule has 0 saturated heterocycles. The van der Waals surface area contributed by atoms with Crippen LogP contribution in [-0.2, 0) is 30.9 Å². The van der Waals surface area contributed by atoms with E-state index in [1.807, 2.05) is 30.3 Å². The van der Waals surface area contributed by atoms with Gasteiger partial charge in [-0.25, -0.2) is 12.8 Å². The van der Waals surface area contributed by atoms with Crippen LogP contribution in [-0.4, -0.2) is 33.6 Å². The number of hydrogen-bond acceptors (Lipinski definition) is 5. The molecular weight excluding hydrogens is 421 g/mol. The summed E-state index contributed by atoms with van der Waals surface area (Å²) in [6.45, 7) is 2.01. The van der Waals surface area contributed by atoms with Gasteiger partial charge in [0.25, 0.3) is 0 Å². The van der Waals surface area contributed by atoms with E-state index in [1.54, 1.807) is 0 Å². The van der Waals surface area contributed by atoms with Gasteiger partial charge in [-0.15, -0.1) is 0 Å². The molecule has 6 nitrogen and oxygen atoms in total. The zero-order valence-electron chi connectivity index (χ0n) is 17.7. The Morgan fingerprint density at radius 2 is 1.81 bits per heavy atom. The van der Waals surface area contributed by atoms with Crippen LogP contribution in [0, 0.1) is 18.7 Å². The summed E-state index contributed by atoms with van der Waals surface area (Å²) in [7, 11) is -2.78. The highest BCUT2D eigenvalue weighted by Gasteiger charge is 2.36. The van der Waals surface area contributed by atoms with E-state index in [2.05, 4.69) is 4.72 Å². The summed E-state index contributed by atoms with van der Waals surface area (Å²) < 4.78 is 52.5. The predicted molar refractivity (Wildman–Crippen MR) is 114 cm³/mol. The zero-order chi connectivity index (χ0) is 22.4. The van der Waals surface area contributed by atoms with E-state index in [4.69, 9.17) is 9.47 Å². The summed E-state index contributed by atoms with van der Waals surface area (Å²) in [5.41, 5.74) is 1.31. The van der Waals surface area contributed by atoms with Crippen molar-refractivity contribution in [2.45, 2.75) is 56.3 Å². The third-order valence-corrected chi connectivity index (χ3v) is 7.13.